The Kier molecular flexibility index (Phi) is 2.69. The molecule has 0 saturated carbocycles. The molecule has 0 N–H and O–H groups in total. The van der Waals surface area contributed by atoms with E-state index in [1.807, 2.05) is 0 Å². The molecular weight excluding hydrogens is 390 g/mol. The molecule has 2 heterocycles. The van der Waals surface area contributed by atoms with Gasteiger partial charge in [-0.25, -0.2) is 0 Å². The number of hydrogen-bond acceptors (Lipinski definition) is 4. The van der Waals surface area contributed by atoms with Gasteiger partial charge in [-0.3, -0.25) is 9.78 Å². The first-order valence-electron chi connectivity index (χ1n) is 4.03. The molecular formula is C10H4IrNO2S-. The van der Waals surface area contributed by atoms with Crippen molar-refractivity contribution in [3.05, 3.63) is 40.2 Å². The molecule has 77 valence electrons. The molecule has 5 heteroatoms. The largest absolute Gasteiger partial charge is 0.427 e. The van der Waals surface area contributed by atoms with Crippen LogP contribution >= 0.6 is 11.3 Å². The van der Waals surface area contributed by atoms with E-state index in [2.05, 4.69) is 11.1 Å². The minimum atomic E-state index is -0.325. The summed E-state index contributed by atoms with van der Waals surface area (Å²) in [6.07, 6.45) is 0. The van der Waals surface area contributed by atoms with Crippen LogP contribution in [0.5, 0.6) is 0 Å². The smallest absolute Gasteiger partial charge is 0.300 e. The van der Waals surface area contributed by atoms with Gasteiger partial charge >= 0.3 is 5.63 Å². The van der Waals surface area contributed by atoms with Crippen molar-refractivity contribution in [3.8, 4) is 0 Å². The van der Waals surface area contributed by atoms with Crippen LogP contribution in [0.15, 0.2) is 32.9 Å². The fourth-order valence-electron chi connectivity index (χ4n) is 1.42. The predicted molar refractivity (Wildman–Crippen MR) is 54.5 cm³/mol. The maximum Gasteiger partial charge on any atom is 0.300 e. The van der Waals surface area contributed by atoms with Gasteiger partial charge < -0.3 is 4.42 Å². The molecule has 3 rings (SSSR count). The Bertz CT molecular complexity index is 674. The van der Waals surface area contributed by atoms with E-state index in [1.54, 1.807) is 23.7 Å². The first kappa shape index (κ1) is 10.5. The van der Waals surface area contributed by atoms with E-state index < -0.39 is 0 Å². The average molecular weight is 394 g/mol. The normalized spacial score (nSPS) is 10.4. The van der Waals surface area contributed by atoms with Crippen LogP contribution in [-0.4, -0.2) is 4.98 Å². The maximum atomic E-state index is 11.5. The molecule has 0 aliphatic heterocycles. The van der Waals surface area contributed by atoms with Crippen LogP contribution in [0.1, 0.15) is 0 Å². The summed E-state index contributed by atoms with van der Waals surface area (Å²) in [5.74, 6) is 0. The van der Waals surface area contributed by atoms with Gasteiger partial charge in [0.15, 0.2) is 4.90 Å². The van der Waals surface area contributed by atoms with Crippen molar-refractivity contribution >= 4 is 32.5 Å². The molecule has 2 aromatic heterocycles. The summed E-state index contributed by atoms with van der Waals surface area (Å²) in [5, 5.41) is 1.27. The quantitative estimate of drug-likeness (QED) is 0.549. The van der Waals surface area contributed by atoms with Crippen molar-refractivity contribution < 1.29 is 24.5 Å². The van der Waals surface area contributed by atoms with Crippen LogP contribution in [0.2, 0.25) is 0 Å². The van der Waals surface area contributed by atoms with Gasteiger partial charge in [0, 0.05) is 25.6 Å². The van der Waals surface area contributed by atoms with E-state index in [-0.39, 0.29) is 25.7 Å². The summed E-state index contributed by atoms with van der Waals surface area (Å²) in [6, 6.07) is 8.25. The summed E-state index contributed by atoms with van der Waals surface area (Å²) in [5.41, 5.74) is 2.05. The number of thiazole rings is 1. The molecule has 0 fully saturated rings. The summed E-state index contributed by atoms with van der Waals surface area (Å²) in [7, 11) is 0. The average Bonchev–Trinajstić information content (AvgIpc) is 2.66. The van der Waals surface area contributed by atoms with Gasteiger partial charge in [-0.2, -0.15) is 0 Å². The Morgan fingerprint density at radius 3 is 3.20 bits per heavy atom. The zero-order valence-corrected chi connectivity index (χ0v) is 10.5. The fourth-order valence-corrected chi connectivity index (χ4v) is 2.06. The monoisotopic (exact) mass is 395 g/mol. The molecule has 0 bridgehead atoms. The number of rotatable bonds is 0. The van der Waals surface area contributed by atoms with Gasteiger partial charge in [0.1, 0.15) is 0 Å². The molecule has 3 aromatic rings. The van der Waals surface area contributed by atoms with Crippen molar-refractivity contribution in [3.63, 3.8) is 0 Å². The van der Waals surface area contributed by atoms with Crippen LogP contribution in [-0.2, 0) is 20.1 Å². The number of fused-ring (bicyclic) bond motifs is 3. The first-order chi connectivity index (χ1) is 6.86. The van der Waals surface area contributed by atoms with Gasteiger partial charge in [0.05, 0.1) is 5.51 Å². The third kappa shape index (κ3) is 1.53. The fraction of sp³-hybridized carbons (Fsp3) is 0. The van der Waals surface area contributed by atoms with E-state index in [0.29, 0.717) is 15.8 Å². The first-order valence-corrected chi connectivity index (χ1v) is 4.91. The second-order valence-electron chi connectivity index (χ2n) is 2.84. The topological polar surface area (TPSA) is 43.1 Å². The second-order valence-corrected chi connectivity index (χ2v) is 3.65. The van der Waals surface area contributed by atoms with E-state index in [4.69, 9.17) is 4.42 Å². The Morgan fingerprint density at radius 1 is 1.47 bits per heavy atom. The number of hydrogen-bond donors (Lipinski definition) is 0. The summed E-state index contributed by atoms with van der Waals surface area (Å²) in [4.78, 5) is 16.2. The van der Waals surface area contributed by atoms with Gasteiger partial charge in [0.25, 0.3) is 0 Å². The van der Waals surface area contributed by atoms with Crippen LogP contribution in [0.4, 0.5) is 0 Å². The third-order valence-corrected chi connectivity index (χ3v) is 2.73. The number of nitrogens with zero attached hydrogens (tertiary/aromatic N) is 1. The molecule has 3 nitrogen and oxygen atoms in total. The van der Waals surface area contributed by atoms with Crippen LogP contribution in [0, 0.1) is 6.07 Å². The zero-order valence-electron chi connectivity index (χ0n) is 7.31. The van der Waals surface area contributed by atoms with E-state index in [9.17, 15) is 4.79 Å². The summed E-state index contributed by atoms with van der Waals surface area (Å²) < 4.78 is 5.10. The van der Waals surface area contributed by atoms with Gasteiger partial charge in [-0.05, 0) is 5.39 Å². The van der Waals surface area contributed by atoms with Crippen molar-refractivity contribution in [2.75, 3.05) is 0 Å². The van der Waals surface area contributed by atoms with Crippen molar-refractivity contribution in [2.24, 2.45) is 0 Å². The van der Waals surface area contributed by atoms with Crippen molar-refractivity contribution in [2.45, 2.75) is 0 Å². The Hall–Kier alpha value is -1.03. The molecule has 1 radical (unpaired) electrons. The molecule has 0 aliphatic rings. The molecule has 0 saturated heterocycles. The standard InChI is InChI=1S/C10H4NO2S.Ir/c12-9-7-4-2-1-3-6(7)8-10(13-9)14-5-11-8;/h1-2,4-5H;/q-1;. The molecule has 0 amide bonds. The van der Waals surface area contributed by atoms with Crippen molar-refractivity contribution in [1.82, 2.24) is 4.98 Å². The van der Waals surface area contributed by atoms with Gasteiger partial charge in [0.2, 0.25) is 0 Å². The molecule has 0 spiro atoms. The van der Waals surface area contributed by atoms with E-state index in [1.165, 1.54) is 11.3 Å². The third-order valence-electron chi connectivity index (χ3n) is 2.03. The summed E-state index contributed by atoms with van der Waals surface area (Å²) in [6.45, 7) is 0. The van der Waals surface area contributed by atoms with E-state index >= 15 is 0 Å². The Morgan fingerprint density at radius 2 is 2.33 bits per heavy atom. The molecule has 0 aliphatic carbocycles. The van der Waals surface area contributed by atoms with Gasteiger partial charge in [-0.1, -0.05) is 11.3 Å². The van der Waals surface area contributed by atoms with Crippen LogP contribution in [0.3, 0.4) is 0 Å². The van der Waals surface area contributed by atoms with E-state index in [0.717, 1.165) is 5.39 Å². The SMILES string of the molecule is O=c1oc2scnc2c2[c-]cccc12.[Ir]. The number of aromatic nitrogens is 1. The minimum absolute atomic E-state index is 0. The molecule has 0 unspecified atom stereocenters. The maximum absolute atomic E-state index is 11.5. The second kappa shape index (κ2) is 3.85. The molecule has 0 atom stereocenters. The minimum Gasteiger partial charge on any atom is -0.427 e. The Labute approximate surface area is 102 Å². The zero-order chi connectivity index (χ0) is 9.54. The van der Waals surface area contributed by atoms with Crippen LogP contribution in [0.25, 0.3) is 21.2 Å². The van der Waals surface area contributed by atoms with Crippen molar-refractivity contribution in [1.29, 1.82) is 0 Å². The summed E-state index contributed by atoms with van der Waals surface area (Å²) >= 11 is 1.32. The van der Waals surface area contributed by atoms with Crippen LogP contribution < -0.4 is 5.63 Å². The Balaban J connectivity index is 0.000000853. The number of benzene rings is 1. The predicted octanol–water partition coefficient (Wildman–Crippen LogP) is 2.20. The molecule has 1 aromatic carbocycles. The molecule has 15 heavy (non-hydrogen) atoms. The van der Waals surface area contributed by atoms with Gasteiger partial charge in [-0.15, -0.1) is 29.7 Å².